The van der Waals surface area contributed by atoms with Gasteiger partial charge in [0.1, 0.15) is 11.8 Å². The Hall–Kier alpha value is -1.20. The summed E-state index contributed by atoms with van der Waals surface area (Å²) in [6.07, 6.45) is 1.70. The minimum atomic E-state index is -0.0113. The second-order valence-corrected chi connectivity index (χ2v) is 6.03. The van der Waals surface area contributed by atoms with Crippen LogP contribution in [0.15, 0.2) is 22.8 Å². The third-order valence-electron chi connectivity index (χ3n) is 2.72. The predicted molar refractivity (Wildman–Crippen MR) is 72.8 cm³/mol. The van der Waals surface area contributed by atoms with Gasteiger partial charge in [-0.25, -0.2) is 0 Å². The van der Waals surface area contributed by atoms with Gasteiger partial charge in [0.25, 0.3) is 0 Å². The molecule has 1 unspecified atom stereocenters. The van der Waals surface area contributed by atoms with Crippen molar-refractivity contribution in [3.63, 3.8) is 0 Å². The maximum Gasteiger partial charge on any atom is 0.126 e. The van der Waals surface area contributed by atoms with E-state index < -0.39 is 0 Å². The van der Waals surface area contributed by atoms with E-state index in [0.717, 1.165) is 22.9 Å². The van der Waals surface area contributed by atoms with Crippen molar-refractivity contribution in [3.05, 3.63) is 34.7 Å². The second kappa shape index (κ2) is 5.20. The van der Waals surface area contributed by atoms with Crippen LogP contribution in [-0.4, -0.2) is 16.1 Å². The number of hydrogen-bond acceptors (Lipinski definition) is 5. The van der Waals surface area contributed by atoms with Crippen LogP contribution in [0.4, 0.5) is 0 Å². The predicted octanol–water partition coefficient (Wildman–Crippen LogP) is 3.13. The lowest BCUT2D eigenvalue weighted by atomic mass is 9.89. The lowest BCUT2D eigenvalue weighted by molar-refractivity contribution is 0.448. The normalized spacial score (nSPS) is 13.8. The number of rotatable bonds is 4. The third-order valence-corrected chi connectivity index (χ3v) is 3.51. The molecule has 0 radical (unpaired) electrons. The van der Waals surface area contributed by atoms with E-state index in [9.17, 15) is 0 Å². The summed E-state index contributed by atoms with van der Waals surface area (Å²) < 4.78 is 9.64. The summed E-state index contributed by atoms with van der Waals surface area (Å²) in [6, 6.07) is 3.93. The molecule has 1 atom stereocenters. The van der Waals surface area contributed by atoms with Gasteiger partial charge in [-0.05, 0) is 30.2 Å². The number of furan rings is 1. The van der Waals surface area contributed by atoms with Gasteiger partial charge in [0.15, 0.2) is 0 Å². The first-order valence-corrected chi connectivity index (χ1v) is 6.91. The zero-order valence-corrected chi connectivity index (χ0v) is 12.0. The molecule has 4 nitrogen and oxygen atoms in total. The summed E-state index contributed by atoms with van der Waals surface area (Å²) in [5.74, 6) is 0.911. The summed E-state index contributed by atoms with van der Waals surface area (Å²) in [5.41, 5.74) is 1.03. The minimum Gasteiger partial charge on any atom is -0.467 e. The van der Waals surface area contributed by atoms with Gasteiger partial charge in [0.2, 0.25) is 0 Å². The molecule has 0 aliphatic rings. The van der Waals surface area contributed by atoms with Crippen LogP contribution in [0.3, 0.4) is 0 Å². The van der Waals surface area contributed by atoms with Gasteiger partial charge in [0.05, 0.1) is 16.8 Å². The van der Waals surface area contributed by atoms with Crippen molar-refractivity contribution < 1.29 is 4.42 Å². The molecular formula is C13H19N3OS. The van der Waals surface area contributed by atoms with Gasteiger partial charge < -0.3 is 9.73 Å². The van der Waals surface area contributed by atoms with E-state index in [1.807, 2.05) is 12.1 Å². The zero-order valence-electron chi connectivity index (χ0n) is 11.2. The van der Waals surface area contributed by atoms with Gasteiger partial charge >= 0.3 is 0 Å². The molecular weight excluding hydrogens is 246 g/mol. The zero-order chi connectivity index (χ0) is 13.2. The maximum atomic E-state index is 5.53. The van der Waals surface area contributed by atoms with E-state index in [1.165, 1.54) is 11.5 Å². The first-order valence-electron chi connectivity index (χ1n) is 6.13. The molecule has 18 heavy (non-hydrogen) atoms. The van der Waals surface area contributed by atoms with Gasteiger partial charge in [-0.1, -0.05) is 32.2 Å². The molecule has 0 fully saturated rings. The Kier molecular flexibility index (Phi) is 3.82. The van der Waals surface area contributed by atoms with Crippen LogP contribution >= 0.6 is 11.5 Å². The van der Waals surface area contributed by atoms with Gasteiger partial charge in [-0.15, -0.1) is 5.10 Å². The van der Waals surface area contributed by atoms with Crippen molar-refractivity contribution in [2.24, 2.45) is 0 Å². The van der Waals surface area contributed by atoms with Gasteiger partial charge in [0, 0.05) is 5.41 Å². The Bertz CT molecular complexity index is 485. The van der Waals surface area contributed by atoms with E-state index in [1.54, 1.807) is 6.26 Å². The third kappa shape index (κ3) is 2.62. The number of hydrogen-bond donors (Lipinski definition) is 1. The fraction of sp³-hybridized carbons (Fsp3) is 0.538. The van der Waals surface area contributed by atoms with Crippen LogP contribution in [0.2, 0.25) is 0 Å². The summed E-state index contributed by atoms with van der Waals surface area (Å²) in [7, 11) is 0. The fourth-order valence-electron chi connectivity index (χ4n) is 1.89. The SMILES string of the molecule is CCNC(c1ccco1)c1snnc1C(C)(C)C. The lowest BCUT2D eigenvalue weighted by Crippen LogP contribution is -2.24. The molecule has 2 aromatic heterocycles. The molecule has 0 aliphatic carbocycles. The largest absolute Gasteiger partial charge is 0.467 e. The van der Waals surface area contributed by atoms with Crippen molar-refractivity contribution in [2.45, 2.75) is 39.2 Å². The van der Waals surface area contributed by atoms with Crippen LogP contribution in [-0.2, 0) is 5.41 Å². The molecule has 1 N–H and O–H groups in total. The van der Waals surface area contributed by atoms with Gasteiger partial charge in [-0.3, -0.25) is 0 Å². The summed E-state index contributed by atoms with van der Waals surface area (Å²) in [5, 5.41) is 7.72. The highest BCUT2D eigenvalue weighted by atomic mass is 32.1. The van der Waals surface area contributed by atoms with Gasteiger partial charge in [-0.2, -0.15) is 0 Å². The highest BCUT2D eigenvalue weighted by molar-refractivity contribution is 7.05. The van der Waals surface area contributed by atoms with E-state index >= 15 is 0 Å². The maximum absolute atomic E-state index is 5.53. The Balaban J connectivity index is 2.41. The molecule has 0 amide bonds. The Morgan fingerprint density at radius 1 is 1.44 bits per heavy atom. The van der Waals surface area contributed by atoms with Crippen molar-refractivity contribution in [1.82, 2.24) is 14.9 Å². The van der Waals surface area contributed by atoms with Crippen molar-refractivity contribution in [3.8, 4) is 0 Å². The standard InChI is InChI=1S/C13H19N3OS/c1-5-14-10(9-7-6-8-17-9)11-12(13(2,3)4)15-16-18-11/h6-8,10,14H,5H2,1-4H3. The fourth-order valence-corrected chi connectivity index (χ4v) is 2.84. The highest BCUT2D eigenvalue weighted by Crippen LogP contribution is 2.33. The van der Waals surface area contributed by atoms with E-state index in [0.29, 0.717) is 0 Å². The van der Waals surface area contributed by atoms with E-state index in [4.69, 9.17) is 4.42 Å². The number of aromatic nitrogens is 2. The topological polar surface area (TPSA) is 51.0 Å². The second-order valence-electron chi connectivity index (χ2n) is 5.24. The molecule has 2 aromatic rings. The highest BCUT2D eigenvalue weighted by Gasteiger charge is 2.28. The van der Waals surface area contributed by atoms with E-state index in [2.05, 4.69) is 42.6 Å². The minimum absolute atomic E-state index is 0.0113. The molecule has 0 bridgehead atoms. The monoisotopic (exact) mass is 265 g/mol. The molecule has 0 saturated heterocycles. The Morgan fingerprint density at radius 3 is 2.78 bits per heavy atom. The Labute approximate surface area is 112 Å². The molecule has 98 valence electrons. The molecule has 5 heteroatoms. The van der Waals surface area contributed by atoms with Crippen molar-refractivity contribution in [2.75, 3.05) is 6.54 Å². The first-order chi connectivity index (χ1) is 8.54. The smallest absolute Gasteiger partial charge is 0.126 e. The van der Waals surface area contributed by atoms with Crippen LogP contribution in [0.1, 0.15) is 50.1 Å². The van der Waals surface area contributed by atoms with Crippen molar-refractivity contribution in [1.29, 1.82) is 0 Å². The van der Waals surface area contributed by atoms with Crippen LogP contribution in [0.5, 0.6) is 0 Å². The Morgan fingerprint density at radius 2 is 2.22 bits per heavy atom. The summed E-state index contributed by atoms with van der Waals surface area (Å²) in [6.45, 7) is 9.41. The number of nitrogens with one attached hydrogen (secondary N) is 1. The number of nitrogens with zero attached hydrogens (tertiary/aromatic N) is 2. The quantitative estimate of drug-likeness (QED) is 0.922. The molecule has 0 aliphatic heterocycles. The van der Waals surface area contributed by atoms with Crippen molar-refractivity contribution >= 4 is 11.5 Å². The summed E-state index contributed by atoms with van der Waals surface area (Å²) >= 11 is 1.44. The van der Waals surface area contributed by atoms with Crippen LogP contribution in [0, 0.1) is 0 Å². The van der Waals surface area contributed by atoms with E-state index in [-0.39, 0.29) is 11.5 Å². The molecule has 0 aromatic carbocycles. The molecule has 2 heterocycles. The average molecular weight is 265 g/mol. The molecule has 2 rings (SSSR count). The summed E-state index contributed by atoms with van der Waals surface area (Å²) in [4.78, 5) is 1.14. The molecule has 0 spiro atoms. The lowest BCUT2D eigenvalue weighted by Gasteiger charge is -2.21. The first kappa shape index (κ1) is 13.2. The van der Waals surface area contributed by atoms with Crippen LogP contribution < -0.4 is 5.32 Å². The van der Waals surface area contributed by atoms with Crippen LogP contribution in [0.25, 0.3) is 0 Å². The molecule has 0 saturated carbocycles. The average Bonchev–Trinajstić information content (AvgIpc) is 2.96.